The zero-order valence-electron chi connectivity index (χ0n) is 19.9. The number of hydrogen-bond donors (Lipinski definition) is 0. The van der Waals surface area contributed by atoms with E-state index in [2.05, 4.69) is 65.9 Å². The van der Waals surface area contributed by atoms with Crippen molar-refractivity contribution in [2.75, 3.05) is 19.3 Å². The molecule has 34 heavy (non-hydrogen) atoms. The lowest BCUT2D eigenvalue weighted by atomic mass is 9.98. The van der Waals surface area contributed by atoms with Gasteiger partial charge in [-0.2, -0.15) is 0 Å². The molecule has 0 radical (unpaired) electrons. The summed E-state index contributed by atoms with van der Waals surface area (Å²) in [6, 6.07) is 16.8. The number of amidine groups is 1. The monoisotopic (exact) mass is 490 g/mol. The maximum absolute atomic E-state index is 5.71. The van der Waals surface area contributed by atoms with Crippen LogP contribution in [0.1, 0.15) is 58.7 Å². The van der Waals surface area contributed by atoms with Gasteiger partial charge in [0, 0.05) is 30.8 Å². The van der Waals surface area contributed by atoms with Crippen molar-refractivity contribution >= 4 is 39.7 Å². The first kappa shape index (κ1) is 23.1. The Bertz CT molecular complexity index is 1200. The van der Waals surface area contributed by atoms with Crippen molar-refractivity contribution in [1.82, 2.24) is 9.88 Å². The number of aromatic nitrogens is 1. The van der Waals surface area contributed by atoms with E-state index in [9.17, 15) is 0 Å². The minimum atomic E-state index is -0.00844. The van der Waals surface area contributed by atoms with E-state index >= 15 is 0 Å². The highest BCUT2D eigenvalue weighted by atomic mass is 32.2. The van der Waals surface area contributed by atoms with E-state index in [1.54, 1.807) is 23.1 Å². The molecule has 0 bridgehead atoms. The number of oxime groups is 1. The summed E-state index contributed by atoms with van der Waals surface area (Å²) in [6.45, 7) is 6.26. The summed E-state index contributed by atoms with van der Waals surface area (Å²) in [7, 11) is 0. The van der Waals surface area contributed by atoms with Crippen molar-refractivity contribution in [1.29, 1.82) is 0 Å². The molecule has 0 saturated carbocycles. The van der Waals surface area contributed by atoms with Crippen LogP contribution in [0.25, 0.3) is 0 Å². The molecule has 2 aliphatic heterocycles. The number of thiazole rings is 1. The van der Waals surface area contributed by atoms with Crippen LogP contribution in [0.3, 0.4) is 0 Å². The molecule has 1 saturated heterocycles. The Kier molecular flexibility index (Phi) is 7.02. The average molecular weight is 491 g/mol. The standard InChI is InChI=1S/C27H30N4OS2/c1-18-9-10-19(2)22(15-18)29-27(33-3)31-13-11-21(12-14-31)26-28-24(17-34-26)23-16-25(32-30-23)20-7-5-4-6-8-20/h4-10,15,17,21,25H,11-14,16H2,1-3H3/b29-27-. The van der Waals surface area contributed by atoms with Gasteiger partial charge in [-0.1, -0.05) is 59.4 Å². The van der Waals surface area contributed by atoms with E-state index in [4.69, 9.17) is 14.8 Å². The smallest absolute Gasteiger partial charge is 0.164 e. The number of thioether (sulfide) groups is 1. The van der Waals surface area contributed by atoms with Gasteiger partial charge in [0.25, 0.3) is 0 Å². The Morgan fingerprint density at radius 1 is 1.12 bits per heavy atom. The largest absolute Gasteiger partial charge is 0.387 e. The van der Waals surface area contributed by atoms with Gasteiger partial charge in [-0.15, -0.1) is 11.3 Å². The Hall–Kier alpha value is -2.64. The highest BCUT2D eigenvalue weighted by Gasteiger charge is 2.28. The van der Waals surface area contributed by atoms with Crippen LogP contribution in [0.5, 0.6) is 0 Å². The fraction of sp³-hybridized carbons (Fsp3) is 0.370. The lowest BCUT2D eigenvalue weighted by Gasteiger charge is -2.32. The maximum Gasteiger partial charge on any atom is 0.164 e. The van der Waals surface area contributed by atoms with Crippen molar-refractivity contribution in [2.24, 2.45) is 10.1 Å². The second-order valence-electron chi connectivity index (χ2n) is 8.97. The molecular weight excluding hydrogens is 460 g/mol. The molecule has 5 rings (SSSR count). The third-order valence-electron chi connectivity index (χ3n) is 6.54. The number of likely N-dealkylation sites (tertiary alicyclic amines) is 1. The molecule has 3 aromatic rings. The summed E-state index contributed by atoms with van der Waals surface area (Å²) < 4.78 is 0. The number of hydrogen-bond acceptors (Lipinski definition) is 6. The molecule has 3 heterocycles. The molecule has 176 valence electrons. The molecule has 1 aromatic heterocycles. The zero-order chi connectivity index (χ0) is 23.5. The van der Waals surface area contributed by atoms with Gasteiger partial charge < -0.3 is 9.74 Å². The second-order valence-corrected chi connectivity index (χ2v) is 10.6. The first-order valence-electron chi connectivity index (χ1n) is 11.8. The third kappa shape index (κ3) is 5.05. The van der Waals surface area contributed by atoms with Gasteiger partial charge in [-0.05, 0) is 55.7 Å². The fourth-order valence-electron chi connectivity index (χ4n) is 4.49. The summed E-state index contributed by atoms with van der Waals surface area (Å²) in [4.78, 5) is 18.1. The molecule has 0 N–H and O–H groups in total. The van der Waals surface area contributed by atoms with Crippen LogP contribution in [-0.4, -0.2) is 40.1 Å². The van der Waals surface area contributed by atoms with E-state index in [1.165, 1.54) is 16.1 Å². The molecule has 5 nitrogen and oxygen atoms in total. The molecular formula is C27H30N4OS2. The molecule has 0 amide bonds. The van der Waals surface area contributed by atoms with Crippen LogP contribution in [0.15, 0.2) is 64.1 Å². The molecule has 1 atom stereocenters. The predicted molar refractivity (Wildman–Crippen MR) is 144 cm³/mol. The Morgan fingerprint density at radius 3 is 2.68 bits per heavy atom. The van der Waals surface area contributed by atoms with Crippen molar-refractivity contribution < 1.29 is 4.84 Å². The summed E-state index contributed by atoms with van der Waals surface area (Å²) in [5.74, 6) is 0.492. The molecule has 1 fully saturated rings. The highest BCUT2D eigenvalue weighted by Crippen LogP contribution is 2.34. The van der Waals surface area contributed by atoms with Gasteiger partial charge in [-0.3, -0.25) is 0 Å². The van der Waals surface area contributed by atoms with Crippen molar-refractivity contribution in [2.45, 2.75) is 45.1 Å². The SMILES string of the molecule is CS/C(=N\c1cc(C)ccc1C)N1CCC(c2nc(C3=NOC(c4ccccc4)C3)cs2)CC1. The lowest BCUT2D eigenvalue weighted by Crippen LogP contribution is -2.36. The highest BCUT2D eigenvalue weighted by molar-refractivity contribution is 8.13. The third-order valence-corrected chi connectivity index (χ3v) is 8.26. The number of piperidine rings is 1. The van der Waals surface area contributed by atoms with Crippen molar-refractivity contribution in [3.8, 4) is 0 Å². The van der Waals surface area contributed by atoms with Gasteiger partial charge >= 0.3 is 0 Å². The minimum Gasteiger partial charge on any atom is -0.387 e. The molecule has 0 aliphatic carbocycles. The Labute approximate surface area is 210 Å². The average Bonchev–Trinajstić information content (AvgIpc) is 3.55. The second kappa shape index (κ2) is 10.3. The Morgan fingerprint density at radius 2 is 1.91 bits per heavy atom. The maximum atomic E-state index is 5.71. The van der Waals surface area contributed by atoms with Gasteiger partial charge in [0.1, 0.15) is 5.71 Å². The number of rotatable bonds is 4. The molecule has 0 spiro atoms. The number of benzene rings is 2. The minimum absolute atomic E-state index is 0.00844. The molecule has 2 aliphatic rings. The van der Waals surface area contributed by atoms with Gasteiger partial charge in [-0.25, -0.2) is 9.98 Å². The molecule has 1 unspecified atom stereocenters. The van der Waals surface area contributed by atoms with Crippen molar-refractivity contribution in [3.05, 3.63) is 81.3 Å². The van der Waals surface area contributed by atoms with Crippen LogP contribution < -0.4 is 0 Å². The van der Waals surface area contributed by atoms with Crippen LogP contribution in [0, 0.1) is 13.8 Å². The number of aryl methyl sites for hydroxylation is 2. The van der Waals surface area contributed by atoms with E-state index in [1.807, 2.05) is 18.2 Å². The molecule has 2 aromatic carbocycles. The number of aliphatic imine (C=N–C) groups is 1. The summed E-state index contributed by atoms with van der Waals surface area (Å²) in [5, 5.41) is 8.83. The van der Waals surface area contributed by atoms with Gasteiger partial charge in [0.05, 0.1) is 16.4 Å². The number of nitrogens with zero attached hydrogens (tertiary/aromatic N) is 4. The normalized spacial score (nSPS) is 19.3. The first-order valence-corrected chi connectivity index (χ1v) is 13.9. The summed E-state index contributed by atoms with van der Waals surface area (Å²) >= 11 is 3.50. The zero-order valence-corrected chi connectivity index (χ0v) is 21.5. The van der Waals surface area contributed by atoms with Crippen LogP contribution in [0.4, 0.5) is 5.69 Å². The topological polar surface area (TPSA) is 50.1 Å². The van der Waals surface area contributed by atoms with Crippen LogP contribution >= 0.6 is 23.1 Å². The van der Waals surface area contributed by atoms with Crippen molar-refractivity contribution in [3.63, 3.8) is 0 Å². The quantitative estimate of drug-likeness (QED) is 0.296. The first-order chi connectivity index (χ1) is 16.6. The van der Waals surface area contributed by atoms with Crippen LogP contribution in [0.2, 0.25) is 0 Å². The van der Waals surface area contributed by atoms with E-state index in [0.717, 1.165) is 60.2 Å². The summed E-state index contributed by atoms with van der Waals surface area (Å²) in [5.41, 5.74) is 6.63. The van der Waals surface area contributed by atoms with E-state index in [-0.39, 0.29) is 6.10 Å². The Balaban J connectivity index is 1.21. The van der Waals surface area contributed by atoms with E-state index in [0.29, 0.717) is 5.92 Å². The summed E-state index contributed by atoms with van der Waals surface area (Å²) in [6.07, 6.45) is 5.07. The predicted octanol–water partition coefficient (Wildman–Crippen LogP) is 6.86. The van der Waals surface area contributed by atoms with Gasteiger partial charge in [0.15, 0.2) is 11.3 Å². The molecule has 7 heteroatoms. The fourth-order valence-corrected chi connectivity index (χ4v) is 6.12. The van der Waals surface area contributed by atoms with Crippen LogP contribution in [-0.2, 0) is 4.84 Å². The van der Waals surface area contributed by atoms with Gasteiger partial charge in [0.2, 0.25) is 0 Å². The van der Waals surface area contributed by atoms with E-state index < -0.39 is 0 Å². The lowest BCUT2D eigenvalue weighted by molar-refractivity contribution is 0.0857.